The van der Waals surface area contributed by atoms with E-state index >= 15 is 0 Å². The number of rotatable bonds is 1. The Morgan fingerprint density at radius 2 is 1.87 bits per heavy atom. The Kier molecular flexibility index (Phi) is 7.58. The molecule has 11 atom stereocenters. The standard InChI is InChI=1S/C29H40O10/c1-16-9-23-28(12-19(16)31)14-36-26(34)10-17(2)20(32)13-35-21(18(3)30)7-5-6-8-25(33)39-22-11-24(38-23)29(15-37-29)27(22,28)4/h5-9,17-24,30-32H,10-15H2,1-4H3/b7-5+,8-6-/t17?,18?,19-,20?,21?,22?,23+,24+,27+,28+,29+/m0/s1. The van der Waals surface area contributed by atoms with Crippen LogP contribution in [0.15, 0.2) is 36.0 Å². The minimum Gasteiger partial charge on any atom is -0.465 e. The maximum Gasteiger partial charge on any atom is 0.331 e. The van der Waals surface area contributed by atoms with Crippen LogP contribution < -0.4 is 0 Å². The summed E-state index contributed by atoms with van der Waals surface area (Å²) in [7, 11) is 0. The molecule has 2 bridgehead atoms. The number of esters is 2. The molecule has 0 aromatic rings. The van der Waals surface area contributed by atoms with Gasteiger partial charge in [0.1, 0.15) is 24.4 Å². The molecule has 5 rings (SSSR count). The van der Waals surface area contributed by atoms with E-state index in [1.807, 2.05) is 19.9 Å². The van der Waals surface area contributed by atoms with Gasteiger partial charge in [-0.25, -0.2) is 4.79 Å². The number of ether oxygens (including phenoxy) is 5. The van der Waals surface area contributed by atoms with E-state index in [0.29, 0.717) is 13.0 Å². The molecular formula is C29H40O10. The fourth-order valence-corrected chi connectivity index (χ4v) is 7.02. The van der Waals surface area contributed by atoms with Gasteiger partial charge in [-0.15, -0.1) is 0 Å². The first-order valence-corrected chi connectivity index (χ1v) is 13.8. The van der Waals surface area contributed by atoms with Gasteiger partial charge in [0.05, 0.1) is 55.6 Å². The highest BCUT2D eigenvalue weighted by atomic mass is 16.6. The van der Waals surface area contributed by atoms with Crippen molar-refractivity contribution in [1.29, 1.82) is 0 Å². The smallest absolute Gasteiger partial charge is 0.331 e. The molecule has 10 nitrogen and oxygen atoms in total. The first-order valence-electron chi connectivity index (χ1n) is 13.8. The second kappa shape index (κ2) is 10.4. The van der Waals surface area contributed by atoms with E-state index in [-0.39, 0.29) is 32.2 Å². The zero-order chi connectivity index (χ0) is 28.2. The summed E-state index contributed by atoms with van der Waals surface area (Å²) in [5, 5.41) is 31.7. The molecule has 3 aliphatic heterocycles. The average Bonchev–Trinajstić information content (AvgIpc) is 3.65. The van der Waals surface area contributed by atoms with Crippen molar-refractivity contribution in [1.82, 2.24) is 0 Å². The predicted molar refractivity (Wildman–Crippen MR) is 137 cm³/mol. The minimum atomic E-state index is -0.969. The number of hydrogen-bond acceptors (Lipinski definition) is 10. The van der Waals surface area contributed by atoms with E-state index in [4.69, 9.17) is 23.7 Å². The Hall–Kier alpha value is -2.08. The van der Waals surface area contributed by atoms with Crippen molar-refractivity contribution < 1.29 is 48.6 Å². The first-order chi connectivity index (χ1) is 18.4. The number of cyclic esters (lactones) is 1. The molecule has 3 fully saturated rings. The monoisotopic (exact) mass is 548 g/mol. The molecule has 5 unspecified atom stereocenters. The quantitative estimate of drug-likeness (QED) is 0.250. The van der Waals surface area contributed by atoms with Crippen LogP contribution in [-0.2, 0) is 33.3 Å². The lowest BCUT2D eigenvalue weighted by molar-refractivity contribution is -0.239. The first kappa shape index (κ1) is 28.4. The Morgan fingerprint density at radius 1 is 1.13 bits per heavy atom. The Labute approximate surface area is 228 Å². The number of carbonyl (C=O) groups is 2. The zero-order valence-corrected chi connectivity index (χ0v) is 22.9. The third kappa shape index (κ3) is 4.69. The van der Waals surface area contributed by atoms with Crippen LogP contribution in [0, 0.1) is 16.7 Å². The van der Waals surface area contributed by atoms with Gasteiger partial charge in [0, 0.05) is 17.9 Å². The highest BCUT2D eigenvalue weighted by Crippen LogP contribution is 2.72. The van der Waals surface area contributed by atoms with Gasteiger partial charge in [0.25, 0.3) is 0 Å². The topological polar surface area (TPSA) is 144 Å². The fourth-order valence-electron chi connectivity index (χ4n) is 7.02. The Balaban J connectivity index is 1.52. The summed E-state index contributed by atoms with van der Waals surface area (Å²) < 4.78 is 30.2. The minimum absolute atomic E-state index is 0.0547. The maximum atomic E-state index is 13.1. The van der Waals surface area contributed by atoms with Gasteiger partial charge in [-0.1, -0.05) is 38.2 Å². The summed E-state index contributed by atoms with van der Waals surface area (Å²) in [5.41, 5.74) is -1.66. The second-order valence-electron chi connectivity index (χ2n) is 12.1. The molecule has 0 radical (unpaired) electrons. The van der Waals surface area contributed by atoms with Crippen LogP contribution in [0.3, 0.4) is 0 Å². The second-order valence-corrected chi connectivity index (χ2v) is 12.1. The third-order valence-corrected chi connectivity index (χ3v) is 9.79. The Bertz CT molecular complexity index is 1060. The summed E-state index contributed by atoms with van der Waals surface area (Å²) in [6.45, 7) is 7.40. The highest BCUT2D eigenvalue weighted by molar-refractivity contribution is 5.82. The van der Waals surface area contributed by atoms with Crippen molar-refractivity contribution in [2.24, 2.45) is 16.7 Å². The van der Waals surface area contributed by atoms with Gasteiger partial charge in [-0.05, 0) is 31.8 Å². The van der Waals surface area contributed by atoms with Crippen LogP contribution in [0.1, 0.15) is 47.0 Å². The molecule has 3 heterocycles. The van der Waals surface area contributed by atoms with Crippen LogP contribution in [-0.4, -0.2) is 95.4 Å². The van der Waals surface area contributed by atoms with E-state index in [0.717, 1.165) is 5.57 Å². The van der Waals surface area contributed by atoms with Crippen LogP contribution >= 0.6 is 0 Å². The van der Waals surface area contributed by atoms with Gasteiger partial charge >= 0.3 is 11.9 Å². The molecule has 10 heteroatoms. The van der Waals surface area contributed by atoms with Gasteiger partial charge < -0.3 is 39.0 Å². The SMILES string of the molecule is CC1=C[C@H]2O[C@@H]3CC4OC(=O)/C=C\C=C\C(C(C)O)OCC(O)C(C)CC(=O)OC[C@@]2(C[C@@H]1O)[C@]4(C)[C@@]31CO1. The van der Waals surface area contributed by atoms with E-state index in [1.165, 1.54) is 12.2 Å². The van der Waals surface area contributed by atoms with Crippen LogP contribution in [0.2, 0.25) is 0 Å². The van der Waals surface area contributed by atoms with E-state index in [2.05, 4.69) is 0 Å². The van der Waals surface area contributed by atoms with Gasteiger partial charge in [0.15, 0.2) is 0 Å². The molecule has 1 saturated carbocycles. The van der Waals surface area contributed by atoms with Crippen LogP contribution in [0.5, 0.6) is 0 Å². The number of epoxide rings is 1. The summed E-state index contributed by atoms with van der Waals surface area (Å²) >= 11 is 0. The molecule has 2 aliphatic carbocycles. The number of allylic oxidation sites excluding steroid dienone is 2. The molecule has 2 spiro atoms. The Morgan fingerprint density at radius 3 is 2.56 bits per heavy atom. The summed E-state index contributed by atoms with van der Waals surface area (Å²) in [6.07, 6.45) is 3.77. The lowest BCUT2D eigenvalue weighted by Crippen LogP contribution is -2.68. The summed E-state index contributed by atoms with van der Waals surface area (Å²) in [5.74, 6) is -1.53. The molecular weight excluding hydrogens is 508 g/mol. The van der Waals surface area contributed by atoms with Crippen molar-refractivity contribution in [3.63, 3.8) is 0 Å². The lowest BCUT2D eigenvalue weighted by Gasteiger charge is -2.58. The predicted octanol–water partition coefficient (Wildman–Crippen LogP) is 1.36. The van der Waals surface area contributed by atoms with E-state index < -0.39 is 70.9 Å². The molecule has 2 saturated heterocycles. The van der Waals surface area contributed by atoms with Crippen molar-refractivity contribution in [2.45, 2.75) is 95.3 Å². The van der Waals surface area contributed by atoms with E-state index in [1.54, 1.807) is 26.0 Å². The highest BCUT2D eigenvalue weighted by Gasteiger charge is 2.83. The van der Waals surface area contributed by atoms with E-state index in [9.17, 15) is 24.9 Å². The van der Waals surface area contributed by atoms with Gasteiger partial charge in [-0.2, -0.15) is 0 Å². The average molecular weight is 549 g/mol. The van der Waals surface area contributed by atoms with Crippen LogP contribution in [0.4, 0.5) is 0 Å². The summed E-state index contributed by atoms with van der Waals surface area (Å²) in [4.78, 5) is 26.0. The van der Waals surface area contributed by atoms with Gasteiger partial charge in [-0.3, -0.25) is 4.79 Å². The van der Waals surface area contributed by atoms with Crippen molar-refractivity contribution in [3.05, 3.63) is 36.0 Å². The molecule has 39 heavy (non-hydrogen) atoms. The number of aliphatic hydroxyl groups excluding tert-OH is 3. The largest absolute Gasteiger partial charge is 0.465 e. The maximum absolute atomic E-state index is 13.1. The van der Waals surface area contributed by atoms with Gasteiger partial charge in [0.2, 0.25) is 0 Å². The molecule has 0 amide bonds. The van der Waals surface area contributed by atoms with Crippen molar-refractivity contribution >= 4 is 11.9 Å². The number of carbonyl (C=O) groups excluding carboxylic acids is 2. The third-order valence-electron chi connectivity index (χ3n) is 9.79. The molecule has 0 aromatic heterocycles. The van der Waals surface area contributed by atoms with Crippen molar-refractivity contribution in [2.75, 3.05) is 19.8 Å². The fraction of sp³-hybridized carbons (Fsp3) is 0.724. The molecule has 0 aromatic carbocycles. The summed E-state index contributed by atoms with van der Waals surface area (Å²) in [6, 6.07) is 0. The molecule has 216 valence electrons. The normalized spacial score (nSPS) is 49.0. The lowest BCUT2D eigenvalue weighted by atomic mass is 9.51. The van der Waals surface area contributed by atoms with Crippen LogP contribution in [0.25, 0.3) is 0 Å². The zero-order valence-electron chi connectivity index (χ0n) is 22.9. The number of hydrogen-bond donors (Lipinski definition) is 3. The van der Waals surface area contributed by atoms with Crippen molar-refractivity contribution in [3.8, 4) is 0 Å². The molecule has 5 aliphatic rings. The number of aliphatic hydroxyl groups is 3. The molecule has 3 N–H and O–H groups in total.